The molecule has 1 aromatic carbocycles. The van der Waals surface area contributed by atoms with Gasteiger partial charge in [0.1, 0.15) is 0 Å². The maximum absolute atomic E-state index is 3.80. The van der Waals surface area contributed by atoms with Gasteiger partial charge in [0.15, 0.2) is 0 Å². The normalized spacial score (nSPS) is 20.2. The summed E-state index contributed by atoms with van der Waals surface area (Å²) in [5.41, 5.74) is 4.02. The molecule has 0 aliphatic heterocycles. The molecule has 1 aliphatic carbocycles. The molecule has 1 fully saturated rings. The van der Waals surface area contributed by atoms with Crippen LogP contribution >= 0.6 is 0 Å². The summed E-state index contributed by atoms with van der Waals surface area (Å²) in [6, 6.07) is 9.14. The molecule has 0 N–H and O–H groups in total. The van der Waals surface area contributed by atoms with Gasteiger partial charge in [-0.3, -0.25) is 0 Å². The SMILES string of the molecule is C=C/C=C(\C=C\C)c1ccc(C2CCC(C)CC2)cc1.CC.CCC. The first-order chi connectivity index (χ1) is 12.2. The van der Waals surface area contributed by atoms with Crippen molar-refractivity contribution in [2.75, 3.05) is 0 Å². The fraction of sp³-hybridized carbons (Fsp3) is 0.520. The van der Waals surface area contributed by atoms with Crippen LogP contribution in [0.15, 0.2) is 55.1 Å². The highest BCUT2D eigenvalue weighted by Gasteiger charge is 2.19. The van der Waals surface area contributed by atoms with Crippen molar-refractivity contribution < 1.29 is 0 Å². The van der Waals surface area contributed by atoms with Crippen molar-refractivity contribution in [3.8, 4) is 0 Å². The Hall–Kier alpha value is -1.56. The van der Waals surface area contributed by atoms with Gasteiger partial charge in [-0.15, -0.1) is 0 Å². The van der Waals surface area contributed by atoms with Gasteiger partial charge in [-0.2, -0.15) is 0 Å². The van der Waals surface area contributed by atoms with Crippen LogP contribution in [0.1, 0.15) is 90.7 Å². The van der Waals surface area contributed by atoms with Crippen molar-refractivity contribution in [3.63, 3.8) is 0 Å². The average molecular weight is 341 g/mol. The van der Waals surface area contributed by atoms with Crippen LogP contribution in [0, 0.1) is 5.92 Å². The second-order valence-corrected chi connectivity index (χ2v) is 6.64. The van der Waals surface area contributed by atoms with E-state index in [2.05, 4.69) is 76.8 Å². The van der Waals surface area contributed by atoms with Crippen molar-refractivity contribution in [2.45, 2.75) is 79.6 Å². The maximum Gasteiger partial charge on any atom is -0.0162 e. The maximum atomic E-state index is 3.80. The van der Waals surface area contributed by atoms with Crippen molar-refractivity contribution >= 4 is 5.57 Å². The summed E-state index contributed by atoms with van der Waals surface area (Å²) in [7, 11) is 0. The lowest BCUT2D eigenvalue weighted by molar-refractivity contribution is 0.348. The van der Waals surface area contributed by atoms with E-state index >= 15 is 0 Å². The predicted molar refractivity (Wildman–Crippen MR) is 117 cm³/mol. The van der Waals surface area contributed by atoms with Crippen LogP contribution in [0.2, 0.25) is 0 Å². The Kier molecular flexibility index (Phi) is 13.8. The molecule has 0 radical (unpaired) electrons. The van der Waals surface area contributed by atoms with Gasteiger partial charge in [-0.05, 0) is 48.3 Å². The van der Waals surface area contributed by atoms with E-state index in [-0.39, 0.29) is 0 Å². The first-order valence-corrected chi connectivity index (χ1v) is 10.2. The summed E-state index contributed by atoms with van der Waals surface area (Å²) in [6.45, 7) is 16.5. The zero-order chi connectivity index (χ0) is 19.1. The van der Waals surface area contributed by atoms with Crippen molar-refractivity contribution in [3.05, 3.63) is 66.3 Å². The molecule has 0 heterocycles. The van der Waals surface area contributed by atoms with E-state index in [4.69, 9.17) is 0 Å². The van der Waals surface area contributed by atoms with E-state index < -0.39 is 0 Å². The lowest BCUT2D eigenvalue weighted by Gasteiger charge is -2.26. The topological polar surface area (TPSA) is 0 Å². The van der Waals surface area contributed by atoms with Gasteiger partial charge in [-0.1, -0.05) is 109 Å². The number of allylic oxidation sites excluding steroid dienone is 5. The van der Waals surface area contributed by atoms with Crippen molar-refractivity contribution in [2.24, 2.45) is 5.92 Å². The Morgan fingerprint density at radius 2 is 1.56 bits per heavy atom. The molecule has 1 saturated carbocycles. The summed E-state index contributed by atoms with van der Waals surface area (Å²) in [5.74, 6) is 1.69. The summed E-state index contributed by atoms with van der Waals surface area (Å²) < 4.78 is 0. The minimum Gasteiger partial charge on any atom is -0.0990 e. The Labute approximate surface area is 157 Å². The smallest absolute Gasteiger partial charge is 0.0162 e. The zero-order valence-corrected chi connectivity index (χ0v) is 17.5. The van der Waals surface area contributed by atoms with Crippen LogP contribution in [0.25, 0.3) is 5.57 Å². The summed E-state index contributed by atoms with van der Waals surface area (Å²) in [6.07, 6.45) is 14.8. The Balaban J connectivity index is 0.00000104. The molecular formula is C25H40. The average Bonchev–Trinajstić information content (AvgIpc) is 2.65. The summed E-state index contributed by atoms with van der Waals surface area (Å²) in [5, 5.41) is 0. The number of hydrogen-bond acceptors (Lipinski definition) is 0. The molecule has 0 amide bonds. The molecule has 0 atom stereocenters. The molecule has 0 unspecified atom stereocenters. The fourth-order valence-electron chi connectivity index (χ4n) is 3.10. The van der Waals surface area contributed by atoms with Crippen LogP contribution in [0.5, 0.6) is 0 Å². The lowest BCUT2D eigenvalue weighted by Crippen LogP contribution is -2.10. The van der Waals surface area contributed by atoms with E-state index in [9.17, 15) is 0 Å². The standard InChI is InChI=1S/C20H26.C3H8.C2H6/c1-4-6-17(7-5-2)19-12-14-20(15-13-19)18-10-8-16(3)9-11-18;1-3-2;1-2/h4-7,12-16,18H,1,8-11H2,2-3H3;3H2,1-2H3;1-2H3/b7-5+,17-6+;;. The van der Waals surface area contributed by atoms with E-state index in [0.29, 0.717) is 0 Å². The molecule has 0 nitrogen and oxygen atoms in total. The van der Waals surface area contributed by atoms with Crippen LogP contribution in [0.4, 0.5) is 0 Å². The molecule has 1 aromatic rings. The summed E-state index contributed by atoms with van der Waals surface area (Å²) in [4.78, 5) is 0. The van der Waals surface area contributed by atoms with E-state index in [1.165, 1.54) is 48.8 Å². The minimum atomic E-state index is 0.772. The molecule has 0 saturated heterocycles. The summed E-state index contributed by atoms with van der Waals surface area (Å²) >= 11 is 0. The first-order valence-electron chi connectivity index (χ1n) is 10.2. The van der Waals surface area contributed by atoms with Crippen molar-refractivity contribution in [1.82, 2.24) is 0 Å². The second-order valence-electron chi connectivity index (χ2n) is 6.64. The fourth-order valence-corrected chi connectivity index (χ4v) is 3.10. The Morgan fingerprint density at radius 3 is 2.00 bits per heavy atom. The highest BCUT2D eigenvalue weighted by molar-refractivity contribution is 5.75. The van der Waals surface area contributed by atoms with Gasteiger partial charge in [-0.25, -0.2) is 0 Å². The Bertz CT molecular complexity index is 493. The van der Waals surface area contributed by atoms with E-state index in [1.807, 2.05) is 19.9 Å². The van der Waals surface area contributed by atoms with E-state index in [1.54, 1.807) is 0 Å². The first kappa shape index (κ1) is 23.4. The third-order valence-corrected chi connectivity index (χ3v) is 4.37. The molecule has 0 spiro atoms. The molecule has 2 rings (SSSR count). The van der Waals surface area contributed by atoms with Gasteiger partial charge in [0, 0.05) is 0 Å². The van der Waals surface area contributed by atoms with E-state index in [0.717, 1.165) is 11.8 Å². The monoisotopic (exact) mass is 340 g/mol. The predicted octanol–water partition coefficient (Wildman–Crippen LogP) is 8.57. The molecule has 140 valence electrons. The molecule has 25 heavy (non-hydrogen) atoms. The molecular weight excluding hydrogens is 300 g/mol. The largest absolute Gasteiger partial charge is 0.0990 e. The number of hydrogen-bond donors (Lipinski definition) is 0. The zero-order valence-electron chi connectivity index (χ0n) is 17.5. The van der Waals surface area contributed by atoms with Gasteiger partial charge in [0.05, 0.1) is 0 Å². The minimum absolute atomic E-state index is 0.772. The van der Waals surface area contributed by atoms with Crippen LogP contribution in [0.3, 0.4) is 0 Å². The molecule has 1 aliphatic rings. The highest BCUT2D eigenvalue weighted by atomic mass is 14.2. The van der Waals surface area contributed by atoms with Crippen LogP contribution in [-0.2, 0) is 0 Å². The van der Waals surface area contributed by atoms with Gasteiger partial charge in [0.2, 0.25) is 0 Å². The quantitative estimate of drug-likeness (QED) is 0.481. The highest BCUT2D eigenvalue weighted by Crippen LogP contribution is 2.35. The van der Waals surface area contributed by atoms with Crippen molar-refractivity contribution in [1.29, 1.82) is 0 Å². The van der Waals surface area contributed by atoms with Gasteiger partial charge >= 0.3 is 0 Å². The second kappa shape index (κ2) is 14.8. The Morgan fingerprint density at radius 1 is 1.04 bits per heavy atom. The van der Waals surface area contributed by atoms with Gasteiger partial charge < -0.3 is 0 Å². The van der Waals surface area contributed by atoms with Gasteiger partial charge in [0.25, 0.3) is 0 Å². The van der Waals surface area contributed by atoms with Crippen LogP contribution in [-0.4, -0.2) is 0 Å². The number of rotatable bonds is 4. The number of benzene rings is 1. The third kappa shape index (κ3) is 8.91. The molecule has 0 heteroatoms. The molecule has 0 aromatic heterocycles. The molecule has 0 bridgehead atoms. The van der Waals surface area contributed by atoms with Crippen LogP contribution < -0.4 is 0 Å². The lowest BCUT2D eigenvalue weighted by atomic mass is 9.79. The third-order valence-electron chi connectivity index (χ3n) is 4.37.